The van der Waals surface area contributed by atoms with Gasteiger partial charge in [-0.15, -0.1) is 0 Å². The number of carbonyl (C=O) groups is 1. The Labute approximate surface area is 87.4 Å². The Morgan fingerprint density at radius 2 is 2.20 bits per heavy atom. The van der Waals surface area contributed by atoms with Gasteiger partial charge in [-0.3, -0.25) is 14.2 Å². The smallest absolute Gasteiger partial charge is 0.308 e. The lowest BCUT2D eigenvalue weighted by atomic mass is 10.2. The number of carboxylic acid groups (broad SMARTS) is 1. The SMILES string of the molecule is Cc1cc(=O)n(CC(C)C(=O)O)c(C)n1. The van der Waals surface area contributed by atoms with Crippen molar-refractivity contribution in [3.63, 3.8) is 0 Å². The Morgan fingerprint density at radius 3 is 2.67 bits per heavy atom. The fraction of sp³-hybridized carbons (Fsp3) is 0.500. The molecule has 1 atom stereocenters. The summed E-state index contributed by atoms with van der Waals surface area (Å²) in [7, 11) is 0. The second kappa shape index (κ2) is 4.25. The van der Waals surface area contributed by atoms with E-state index in [1.165, 1.54) is 10.6 Å². The van der Waals surface area contributed by atoms with Gasteiger partial charge < -0.3 is 5.11 Å². The maximum absolute atomic E-state index is 11.5. The Morgan fingerprint density at radius 1 is 1.60 bits per heavy atom. The highest BCUT2D eigenvalue weighted by atomic mass is 16.4. The summed E-state index contributed by atoms with van der Waals surface area (Å²) >= 11 is 0. The third-order valence-corrected chi connectivity index (χ3v) is 2.21. The lowest BCUT2D eigenvalue weighted by Gasteiger charge is -2.11. The van der Waals surface area contributed by atoms with Crippen LogP contribution >= 0.6 is 0 Å². The van der Waals surface area contributed by atoms with Crippen LogP contribution in [0.3, 0.4) is 0 Å². The minimum atomic E-state index is -0.915. The van der Waals surface area contributed by atoms with Crippen LogP contribution in [0.5, 0.6) is 0 Å². The van der Waals surface area contributed by atoms with E-state index in [0.717, 1.165) is 0 Å². The molecule has 0 radical (unpaired) electrons. The summed E-state index contributed by atoms with van der Waals surface area (Å²) in [5.41, 5.74) is 0.449. The van der Waals surface area contributed by atoms with E-state index in [-0.39, 0.29) is 12.1 Å². The van der Waals surface area contributed by atoms with Crippen molar-refractivity contribution in [3.05, 3.63) is 27.9 Å². The van der Waals surface area contributed by atoms with Gasteiger partial charge in [-0.05, 0) is 13.8 Å². The molecule has 0 aliphatic rings. The Balaban J connectivity index is 3.05. The summed E-state index contributed by atoms with van der Waals surface area (Å²) in [4.78, 5) is 26.3. The van der Waals surface area contributed by atoms with E-state index in [1.807, 2.05) is 0 Å². The predicted octanol–water partition coefficient (Wildman–Crippen LogP) is 0.581. The highest BCUT2D eigenvalue weighted by molar-refractivity contribution is 5.69. The number of nitrogens with zero attached hydrogens (tertiary/aromatic N) is 2. The first-order chi connectivity index (χ1) is 6.91. The van der Waals surface area contributed by atoms with E-state index in [4.69, 9.17) is 5.11 Å². The molecule has 0 amide bonds. The first-order valence-electron chi connectivity index (χ1n) is 4.69. The molecule has 1 heterocycles. The molecule has 1 aromatic rings. The number of rotatable bonds is 3. The number of aliphatic carboxylic acids is 1. The largest absolute Gasteiger partial charge is 0.481 e. The zero-order chi connectivity index (χ0) is 11.6. The number of hydrogen-bond acceptors (Lipinski definition) is 3. The average Bonchev–Trinajstić information content (AvgIpc) is 2.10. The average molecular weight is 210 g/mol. The molecule has 0 aliphatic carbocycles. The normalized spacial score (nSPS) is 12.5. The van der Waals surface area contributed by atoms with Crippen molar-refractivity contribution >= 4 is 5.97 Å². The van der Waals surface area contributed by atoms with Gasteiger partial charge in [0.2, 0.25) is 0 Å². The van der Waals surface area contributed by atoms with Gasteiger partial charge in [0.1, 0.15) is 5.82 Å². The van der Waals surface area contributed by atoms with Crippen LogP contribution in [0.1, 0.15) is 18.4 Å². The van der Waals surface area contributed by atoms with Crippen LogP contribution in [0.4, 0.5) is 0 Å². The molecule has 0 fully saturated rings. The molecular formula is C10H14N2O3. The van der Waals surface area contributed by atoms with Gasteiger partial charge >= 0.3 is 5.97 Å². The molecular weight excluding hydrogens is 196 g/mol. The lowest BCUT2D eigenvalue weighted by molar-refractivity contribution is -0.141. The monoisotopic (exact) mass is 210 g/mol. The van der Waals surface area contributed by atoms with Gasteiger partial charge in [-0.1, -0.05) is 6.92 Å². The van der Waals surface area contributed by atoms with Crippen molar-refractivity contribution in [3.8, 4) is 0 Å². The summed E-state index contributed by atoms with van der Waals surface area (Å²) in [6.07, 6.45) is 0. The predicted molar refractivity (Wildman–Crippen MR) is 54.8 cm³/mol. The molecule has 82 valence electrons. The van der Waals surface area contributed by atoms with Gasteiger partial charge in [0, 0.05) is 18.3 Å². The minimum absolute atomic E-state index is 0.160. The second-order valence-corrected chi connectivity index (χ2v) is 3.63. The van der Waals surface area contributed by atoms with E-state index in [0.29, 0.717) is 11.5 Å². The maximum Gasteiger partial charge on any atom is 0.308 e. The first-order valence-corrected chi connectivity index (χ1v) is 4.69. The molecule has 0 saturated carbocycles. The van der Waals surface area contributed by atoms with Crippen molar-refractivity contribution in [1.82, 2.24) is 9.55 Å². The molecule has 1 unspecified atom stereocenters. The summed E-state index contributed by atoms with van der Waals surface area (Å²) in [5.74, 6) is -0.958. The third-order valence-electron chi connectivity index (χ3n) is 2.21. The summed E-state index contributed by atoms with van der Waals surface area (Å²) in [6.45, 7) is 5.16. The van der Waals surface area contributed by atoms with E-state index in [1.54, 1.807) is 20.8 Å². The van der Waals surface area contributed by atoms with Crippen LogP contribution in [0.15, 0.2) is 10.9 Å². The second-order valence-electron chi connectivity index (χ2n) is 3.63. The Kier molecular flexibility index (Phi) is 3.24. The van der Waals surface area contributed by atoms with Crippen molar-refractivity contribution in [2.75, 3.05) is 0 Å². The van der Waals surface area contributed by atoms with Gasteiger partial charge in [0.05, 0.1) is 5.92 Å². The van der Waals surface area contributed by atoms with Crippen molar-refractivity contribution < 1.29 is 9.90 Å². The van der Waals surface area contributed by atoms with Gasteiger partial charge in [0.15, 0.2) is 0 Å². The van der Waals surface area contributed by atoms with Gasteiger partial charge in [-0.25, -0.2) is 4.98 Å². The molecule has 5 heteroatoms. The number of carboxylic acids is 1. The van der Waals surface area contributed by atoms with Crippen molar-refractivity contribution in [1.29, 1.82) is 0 Å². The quantitative estimate of drug-likeness (QED) is 0.792. The zero-order valence-corrected chi connectivity index (χ0v) is 9.02. The fourth-order valence-corrected chi connectivity index (χ4v) is 1.34. The van der Waals surface area contributed by atoms with Gasteiger partial charge in [0.25, 0.3) is 5.56 Å². The zero-order valence-electron chi connectivity index (χ0n) is 9.02. The number of hydrogen-bond donors (Lipinski definition) is 1. The Hall–Kier alpha value is -1.65. The van der Waals surface area contributed by atoms with Crippen molar-refractivity contribution in [2.45, 2.75) is 27.3 Å². The highest BCUT2D eigenvalue weighted by Gasteiger charge is 2.13. The van der Waals surface area contributed by atoms with E-state index < -0.39 is 11.9 Å². The van der Waals surface area contributed by atoms with Crippen LogP contribution in [-0.4, -0.2) is 20.6 Å². The van der Waals surface area contributed by atoms with Gasteiger partial charge in [-0.2, -0.15) is 0 Å². The molecule has 0 bridgehead atoms. The van der Waals surface area contributed by atoms with Crippen molar-refractivity contribution in [2.24, 2.45) is 5.92 Å². The minimum Gasteiger partial charge on any atom is -0.481 e. The summed E-state index contributed by atoms with van der Waals surface area (Å²) < 4.78 is 1.38. The molecule has 1 rings (SSSR count). The molecule has 5 nitrogen and oxygen atoms in total. The molecule has 15 heavy (non-hydrogen) atoms. The fourth-order valence-electron chi connectivity index (χ4n) is 1.34. The van der Waals surface area contributed by atoms with Crippen LogP contribution < -0.4 is 5.56 Å². The third kappa shape index (κ3) is 2.65. The first kappa shape index (κ1) is 11.4. The molecule has 0 spiro atoms. The molecule has 1 aromatic heterocycles. The van der Waals surface area contributed by atoms with E-state index in [9.17, 15) is 9.59 Å². The standard InChI is InChI=1S/C10H14N2O3/c1-6(10(14)15)5-12-8(3)11-7(2)4-9(12)13/h4,6H,5H2,1-3H3,(H,14,15). The van der Waals surface area contributed by atoms with Crippen LogP contribution in [0.2, 0.25) is 0 Å². The highest BCUT2D eigenvalue weighted by Crippen LogP contribution is 2.01. The molecule has 0 aromatic carbocycles. The lowest BCUT2D eigenvalue weighted by Crippen LogP contribution is -2.28. The maximum atomic E-state index is 11.5. The topological polar surface area (TPSA) is 72.2 Å². The van der Waals surface area contributed by atoms with Crippen LogP contribution in [-0.2, 0) is 11.3 Å². The summed E-state index contributed by atoms with van der Waals surface area (Å²) in [6, 6.07) is 1.40. The molecule has 0 saturated heterocycles. The summed E-state index contributed by atoms with van der Waals surface area (Å²) in [5, 5.41) is 8.74. The number of aromatic nitrogens is 2. The Bertz CT molecular complexity index is 437. The van der Waals surface area contributed by atoms with E-state index in [2.05, 4.69) is 4.98 Å². The molecule has 0 aliphatic heterocycles. The van der Waals surface area contributed by atoms with E-state index >= 15 is 0 Å². The van der Waals surface area contributed by atoms with Crippen LogP contribution in [0.25, 0.3) is 0 Å². The molecule has 1 N–H and O–H groups in total. The van der Waals surface area contributed by atoms with Crippen LogP contribution in [0, 0.1) is 19.8 Å². The number of aryl methyl sites for hydroxylation is 2.